The van der Waals surface area contributed by atoms with E-state index in [-0.39, 0.29) is 24.8 Å². The van der Waals surface area contributed by atoms with Crippen molar-refractivity contribution in [1.29, 1.82) is 0 Å². The van der Waals surface area contributed by atoms with Gasteiger partial charge in [-0.3, -0.25) is 9.59 Å². The minimum atomic E-state index is -0.493. The van der Waals surface area contributed by atoms with E-state index in [4.69, 9.17) is 9.84 Å². The van der Waals surface area contributed by atoms with E-state index in [0.29, 0.717) is 37.4 Å². The molecule has 0 aromatic heterocycles. The number of ether oxygens (including phenoxy) is 1. The Morgan fingerprint density at radius 2 is 2.18 bits per heavy atom. The second-order valence-corrected chi connectivity index (χ2v) is 5.15. The summed E-state index contributed by atoms with van der Waals surface area (Å²) in [5, 5.41) is 11.4. The molecule has 0 fully saturated rings. The van der Waals surface area contributed by atoms with Gasteiger partial charge in [-0.15, -0.1) is 0 Å². The summed E-state index contributed by atoms with van der Waals surface area (Å²) in [4.78, 5) is 25.8. The Labute approximate surface area is 130 Å². The molecule has 1 atom stereocenters. The van der Waals surface area contributed by atoms with Gasteiger partial charge in [0.2, 0.25) is 5.91 Å². The third-order valence-electron chi connectivity index (χ3n) is 3.56. The number of fused-ring (bicyclic) bond motifs is 1. The fraction of sp³-hybridized carbons (Fsp3) is 0.500. The number of carbonyl (C=O) groups excluding carboxylic acids is 2. The first-order chi connectivity index (χ1) is 10.7. The molecule has 22 heavy (non-hydrogen) atoms. The molecule has 1 heterocycles. The van der Waals surface area contributed by atoms with Crippen molar-refractivity contribution >= 4 is 17.5 Å². The number of anilines is 1. The summed E-state index contributed by atoms with van der Waals surface area (Å²) in [6, 6.07) is 7.36. The summed E-state index contributed by atoms with van der Waals surface area (Å²) in [5.74, 6) is 0.442. The number of benzene rings is 1. The van der Waals surface area contributed by atoms with E-state index >= 15 is 0 Å². The molecular weight excluding hydrogens is 284 g/mol. The maximum Gasteiger partial charge on any atom is 0.268 e. The Hall–Kier alpha value is -2.08. The largest absolute Gasteiger partial charge is 0.478 e. The van der Waals surface area contributed by atoms with E-state index in [1.54, 1.807) is 4.90 Å². The number of hydrogen-bond donors (Lipinski definition) is 2. The number of rotatable bonds is 7. The average Bonchev–Trinajstić information content (AvgIpc) is 2.53. The molecule has 0 aliphatic carbocycles. The average molecular weight is 306 g/mol. The SMILES string of the molecule is CCC1Oc2ccccc2N(CCC(=O)NCCCO)C1=O. The van der Waals surface area contributed by atoms with Gasteiger partial charge in [-0.1, -0.05) is 19.1 Å². The molecular formula is C16H22N2O4. The zero-order valence-electron chi connectivity index (χ0n) is 12.7. The molecule has 0 spiro atoms. The summed E-state index contributed by atoms with van der Waals surface area (Å²) in [5.41, 5.74) is 0.709. The summed E-state index contributed by atoms with van der Waals surface area (Å²) < 4.78 is 5.69. The van der Waals surface area contributed by atoms with Crippen molar-refractivity contribution in [3.05, 3.63) is 24.3 Å². The second kappa shape index (κ2) is 7.79. The Kier molecular flexibility index (Phi) is 5.77. The Bertz CT molecular complexity index is 533. The lowest BCUT2D eigenvalue weighted by Crippen LogP contribution is -2.46. The van der Waals surface area contributed by atoms with Crippen LogP contribution in [0.2, 0.25) is 0 Å². The molecule has 0 saturated carbocycles. The summed E-state index contributed by atoms with van der Waals surface area (Å²) in [6.07, 6.45) is 0.851. The summed E-state index contributed by atoms with van der Waals surface area (Å²) in [6.45, 7) is 2.71. The van der Waals surface area contributed by atoms with Crippen LogP contribution in [0.5, 0.6) is 5.75 Å². The second-order valence-electron chi connectivity index (χ2n) is 5.15. The first-order valence-electron chi connectivity index (χ1n) is 7.62. The maximum absolute atomic E-state index is 12.4. The number of carbonyl (C=O) groups is 2. The lowest BCUT2D eigenvalue weighted by Gasteiger charge is -2.33. The molecule has 1 unspecified atom stereocenters. The highest BCUT2D eigenvalue weighted by Gasteiger charge is 2.32. The molecule has 2 N–H and O–H groups in total. The van der Waals surface area contributed by atoms with Crippen LogP contribution in [0.1, 0.15) is 26.2 Å². The van der Waals surface area contributed by atoms with Crippen LogP contribution >= 0.6 is 0 Å². The molecule has 0 saturated heterocycles. The van der Waals surface area contributed by atoms with Crippen LogP contribution in [0, 0.1) is 0 Å². The van der Waals surface area contributed by atoms with Gasteiger partial charge in [-0.2, -0.15) is 0 Å². The first kappa shape index (κ1) is 16.3. The van der Waals surface area contributed by atoms with Crippen molar-refractivity contribution in [3.8, 4) is 5.75 Å². The van der Waals surface area contributed by atoms with Crippen molar-refractivity contribution in [2.24, 2.45) is 0 Å². The van der Waals surface area contributed by atoms with Gasteiger partial charge in [-0.05, 0) is 25.0 Å². The number of nitrogens with zero attached hydrogens (tertiary/aromatic N) is 1. The predicted molar refractivity (Wildman–Crippen MR) is 82.8 cm³/mol. The minimum absolute atomic E-state index is 0.0494. The van der Waals surface area contributed by atoms with Crippen molar-refractivity contribution in [3.63, 3.8) is 0 Å². The predicted octanol–water partition coefficient (Wildman–Crippen LogP) is 1.08. The van der Waals surface area contributed by atoms with Gasteiger partial charge in [-0.25, -0.2) is 0 Å². The number of para-hydroxylation sites is 2. The summed E-state index contributed by atoms with van der Waals surface area (Å²) in [7, 11) is 0. The van der Waals surface area contributed by atoms with Gasteiger partial charge in [0, 0.05) is 26.1 Å². The van der Waals surface area contributed by atoms with E-state index in [1.165, 1.54) is 0 Å². The van der Waals surface area contributed by atoms with Crippen LogP contribution in [0.25, 0.3) is 0 Å². The molecule has 1 aromatic carbocycles. The van der Waals surface area contributed by atoms with Gasteiger partial charge in [0.15, 0.2) is 6.10 Å². The van der Waals surface area contributed by atoms with E-state index < -0.39 is 6.10 Å². The van der Waals surface area contributed by atoms with Crippen LogP contribution in [-0.2, 0) is 9.59 Å². The fourth-order valence-electron chi connectivity index (χ4n) is 2.37. The Morgan fingerprint density at radius 3 is 2.91 bits per heavy atom. The zero-order valence-corrected chi connectivity index (χ0v) is 12.7. The monoisotopic (exact) mass is 306 g/mol. The first-order valence-corrected chi connectivity index (χ1v) is 7.62. The number of amides is 2. The highest BCUT2D eigenvalue weighted by Crippen LogP contribution is 2.34. The van der Waals surface area contributed by atoms with Crippen molar-refractivity contribution in [1.82, 2.24) is 5.32 Å². The smallest absolute Gasteiger partial charge is 0.268 e. The number of hydrogen-bond acceptors (Lipinski definition) is 4. The lowest BCUT2D eigenvalue weighted by atomic mass is 10.1. The molecule has 1 aliphatic heterocycles. The van der Waals surface area contributed by atoms with E-state index in [2.05, 4.69) is 5.32 Å². The fourth-order valence-corrected chi connectivity index (χ4v) is 2.37. The summed E-state index contributed by atoms with van der Waals surface area (Å²) >= 11 is 0. The van der Waals surface area contributed by atoms with Crippen LogP contribution in [-0.4, -0.2) is 42.7 Å². The molecule has 0 bridgehead atoms. The molecule has 2 amide bonds. The molecule has 6 heteroatoms. The molecule has 120 valence electrons. The van der Waals surface area contributed by atoms with Crippen LogP contribution in [0.3, 0.4) is 0 Å². The highest BCUT2D eigenvalue weighted by atomic mass is 16.5. The van der Waals surface area contributed by atoms with E-state index in [9.17, 15) is 9.59 Å². The van der Waals surface area contributed by atoms with E-state index in [0.717, 1.165) is 0 Å². The van der Waals surface area contributed by atoms with Crippen LogP contribution in [0.15, 0.2) is 24.3 Å². The minimum Gasteiger partial charge on any atom is -0.478 e. The van der Waals surface area contributed by atoms with E-state index in [1.807, 2.05) is 31.2 Å². The van der Waals surface area contributed by atoms with Gasteiger partial charge >= 0.3 is 0 Å². The number of aliphatic hydroxyl groups excluding tert-OH is 1. The quantitative estimate of drug-likeness (QED) is 0.739. The third kappa shape index (κ3) is 3.76. The van der Waals surface area contributed by atoms with Gasteiger partial charge in [0.05, 0.1) is 5.69 Å². The van der Waals surface area contributed by atoms with Crippen molar-refractivity contribution in [2.45, 2.75) is 32.3 Å². The van der Waals surface area contributed by atoms with Gasteiger partial charge in [0.1, 0.15) is 5.75 Å². The van der Waals surface area contributed by atoms with Crippen molar-refractivity contribution in [2.75, 3.05) is 24.6 Å². The Morgan fingerprint density at radius 1 is 1.41 bits per heavy atom. The van der Waals surface area contributed by atoms with Gasteiger partial charge < -0.3 is 20.1 Å². The Balaban J connectivity index is 2.02. The number of aliphatic hydroxyl groups is 1. The van der Waals surface area contributed by atoms with Gasteiger partial charge in [0.25, 0.3) is 5.91 Å². The lowest BCUT2D eigenvalue weighted by molar-refractivity contribution is -0.126. The highest BCUT2D eigenvalue weighted by molar-refractivity contribution is 6.00. The van der Waals surface area contributed by atoms with Crippen LogP contribution in [0.4, 0.5) is 5.69 Å². The molecule has 1 aromatic rings. The zero-order chi connectivity index (χ0) is 15.9. The molecule has 0 radical (unpaired) electrons. The molecule has 6 nitrogen and oxygen atoms in total. The number of nitrogens with one attached hydrogen (secondary N) is 1. The molecule has 1 aliphatic rings. The normalized spacial score (nSPS) is 16.9. The topological polar surface area (TPSA) is 78.9 Å². The standard InChI is InChI=1S/C16H22N2O4/c1-2-13-16(21)18(10-8-15(20)17-9-5-11-19)12-6-3-4-7-14(12)22-13/h3-4,6-7,13,19H,2,5,8-11H2,1H3,(H,17,20). The maximum atomic E-state index is 12.4. The van der Waals surface area contributed by atoms with Crippen LogP contribution < -0.4 is 15.0 Å². The third-order valence-corrected chi connectivity index (χ3v) is 3.56. The molecule has 2 rings (SSSR count). The van der Waals surface area contributed by atoms with Crippen molar-refractivity contribution < 1.29 is 19.4 Å².